The highest BCUT2D eigenvalue weighted by molar-refractivity contribution is 5.92. The van der Waals surface area contributed by atoms with Gasteiger partial charge in [0.2, 0.25) is 5.91 Å². The maximum Gasteiger partial charge on any atom is 0.415 e. The Bertz CT molecular complexity index is 664. The second-order valence-electron chi connectivity index (χ2n) is 9.34. The van der Waals surface area contributed by atoms with Gasteiger partial charge in [-0.3, -0.25) is 4.79 Å². The number of likely N-dealkylation sites (tertiary alicyclic amines) is 1. The Balaban J connectivity index is 1.47. The molecule has 1 aromatic rings. The molecule has 5 heteroatoms. The number of rotatable bonds is 3. The monoisotopic (exact) mass is 386 g/mol. The van der Waals surface area contributed by atoms with Crippen molar-refractivity contribution in [2.45, 2.75) is 65.7 Å². The first-order chi connectivity index (χ1) is 13.3. The van der Waals surface area contributed by atoms with E-state index in [9.17, 15) is 9.59 Å². The van der Waals surface area contributed by atoms with Crippen LogP contribution < -0.4 is 10.1 Å². The summed E-state index contributed by atoms with van der Waals surface area (Å²) in [4.78, 5) is 26.5. The Morgan fingerprint density at radius 2 is 1.57 bits per heavy atom. The molecule has 1 aliphatic carbocycles. The van der Waals surface area contributed by atoms with Gasteiger partial charge in [0.15, 0.2) is 0 Å². The number of hydrogen-bond donors (Lipinski definition) is 1. The third-order valence-corrected chi connectivity index (χ3v) is 6.26. The van der Waals surface area contributed by atoms with Crippen molar-refractivity contribution in [2.75, 3.05) is 18.4 Å². The fourth-order valence-electron chi connectivity index (χ4n) is 4.31. The van der Waals surface area contributed by atoms with Crippen LogP contribution in [0.2, 0.25) is 0 Å². The molecule has 2 fully saturated rings. The highest BCUT2D eigenvalue weighted by Gasteiger charge is 2.32. The van der Waals surface area contributed by atoms with Crippen LogP contribution in [0.25, 0.3) is 0 Å². The number of piperidine rings is 1. The number of amides is 2. The number of nitrogens with one attached hydrogen (secondary N) is 1. The van der Waals surface area contributed by atoms with Gasteiger partial charge in [0.25, 0.3) is 0 Å². The molecule has 3 rings (SSSR count). The molecular formula is C23H34N2O3. The minimum atomic E-state index is -0.285. The normalized spacial score (nSPS) is 23.2. The summed E-state index contributed by atoms with van der Waals surface area (Å²) in [6.07, 6.45) is 7.12. The van der Waals surface area contributed by atoms with Gasteiger partial charge in [-0.15, -0.1) is 0 Å². The predicted octanol–water partition coefficient (Wildman–Crippen LogP) is 5.46. The number of benzene rings is 1. The largest absolute Gasteiger partial charge is 0.415 e. The van der Waals surface area contributed by atoms with Crippen molar-refractivity contribution in [1.29, 1.82) is 0 Å². The molecule has 154 valence electrons. The Kier molecular flexibility index (Phi) is 6.63. The van der Waals surface area contributed by atoms with E-state index in [1.807, 2.05) is 0 Å². The van der Waals surface area contributed by atoms with Gasteiger partial charge in [0.1, 0.15) is 5.75 Å². The van der Waals surface area contributed by atoms with Crippen LogP contribution in [0.1, 0.15) is 65.7 Å². The van der Waals surface area contributed by atoms with Crippen LogP contribution >= 0.6 is 0 Å². The summed E-state index contributed by atoms with van der Waals surface area (Å²) < 4.78 is 5.45. The van der Waals surface area contributed by atoms with Crippen LogP contribution in [-0.4, -0.2) is 30.0 Å². The van der Waals surface area contributed by atoms with Gasteiger partial charge >= 0.3 is 6.09 Å². The third kappa shape index (κ3) is 5.49. The zero-order valence-electron chi connectivity index (χ0n) is 17.5. The Morgan fingerprint density at radius 3 is 2.14 bits per heavy atom. The lowest BCUT2D eigenvalue weighted by Crippen LogP contribution is -2.37. The summed E-state index contributed by atoms with van der Waals surface area (Å²) in [5.74, 6) is 1.41. The van der Waals surface area contributed by atoms with Gasteiger partial charge in [-0.1, -0.05) is 20.8 Å². The summed E-state index contributed by atoms with van der Waals surface area (Å²) >= 11 is 0. The van der Waals surface area contributed by atoms with Crippen molar-refractivity contribution in [3.8, 4) is 5.75 Å². The van der Waals surface area contributed by atoms with Crippen molar-refractivity contribution in [3.05, 3.63) is 24.3 Å². The number of hydrogen-bond acceptors (Lipinski definition) is 3. The number of ether oxygens (including phenoxy) is 1. The molecule has 28 heavy (non-hydrogen) atoms. The maximum absolute atomic E-state index is 12.6. The molecule has 5 nitrogen and oxygen atoms in total. The molecule has 0 spiro atoms. The Labute approximate surface area is 168 Å². The summed E-state index contributed by atoms with van der Waals surface area (Å²) in [6, 6.07) is 7.09. The van der Waals surface area contributed by atoms with E-state index < -0.39 is 0 Å². The van der Waals surface area contributed by atoms with E-state index in [0.29, 0.717) is 17.1 Å². The first kappa shape index (κ1) is 20.7. The van der Waals surface area contributed by atoms with E-state index in [-0.39, 0.29) is 17.9 Å². The van der Waals surface area contributed by atoms with E-state index in [1.54, 1.807) is 29.2 Å². The van der Waals surface area contributed by atoms with E-state index >= 15 is 0 Å². The van der Waals surface area contributed by atoms with E-state index in [2.05, 4.69) is 26.1 Å². The Hall–Kier alpha value is -2.04. The number of anilines is 1. The van der Waals surface area contributed by atoms with E-state index in [0.717, 1.165) is 57.3 Å². The molecule has 1 saturated heterocycles. The molecule has 1 heterocycles. The van der Waals surface area contributed by atoms with Gasteiger partial charge in [0, 0.05) is 24.7 Å². The molecule has 1 aliphatic heterocycles. The molecular weight excluding hydrogens is 352 g/mol. The van der Waals surface area contributed by atoms with Crippen LogP contribution in [0.5, 0.6) is 5.75 Å². The average Bonchev–Trinajstić information content (AvgIpc) is 2.69. The van der Waals surface area contributed by atoms with Gasteiger partial charge in [-0.25, -0.2) is 4.79 Å². The van der Waals surface area contributed by atoms with Crippen molar-refractivity contribution in [1.82, 2.24) is 4.90 Å². The van der Waals surface area contributed by atoms with E-state index in [4.69, 9.17) is 4.74 Å². The fourth-order valence-corrected chi connectivity index (χ4v) is 4.31. The number of nitrogens with zero attached hydrogens (tertiary/aromatic N) is 1. The molecule has 2 amide bonds. The van der Waals surface area contributed by atoms with Gasteiger partial charge < -0.3 is 15.0 Å². The highest BCUT2D eigenvalue weighted by Crippen LogP contribution is 2.40. The Morgan fingerprint density at radius 1 is 0.964 bits per heavy atom. The predicted molar refractivity (Wildman–Crippen MR) is 111 cm³/mol. The standard InChI is InChI=1S/C23H34N2O3/c1-23(2,3)18-9-7-17(8-10-18)21(26)24-19-11-13-20(14-12-19)28-22(27)25-15-5-4-6-16-25/h11-14,17-18H,4-10,15-16H2,1-3H3,(H,24,26)/t17-,18-. The summed E-state index contributed by atoms with van der Waals surface area (Å²) in [7, 11) is 0. The lowest BCUT2D eigenvalue weighted by molar-refractivity contribution is -0.121. The molecule has 0 bridgehead atoms. The molecule has 0 unspecified atom stereocenters. The first-order valence-electron chi connectivity index (χ1n) is 10.7. The van der Waals surface area contributed by atoms with Crippen LogP contribution in [0, 0.1) is 17.3 Å². The summed E-state index contributed by atoms with van der Waals surface area (Å²) in [5, 5.41) is 3.02. The fraction of sp³-hybridized carbons (Fsp3) is 0.652. The van der Waals surface area contributed by atoms with Gasteiger partial charge in [-0.05, 0) is 80.5 Å². The molecule has 0 aromatic heterocycles. The lowest BCUT2D eigenvalue weighted by Gasteiger charge is -2.36. The molecule has 0 atom stereocenters. The zero-order valence-corrected chi connectivity index (χ0v) is 17.5. The van der Waals surface area contributed by atoms with Crippen molar-refractivity contribution < 1.29 is 14.3 Å². The van der Waals surface area contributed by atoms with Crippen molar-refractivity contribution in [2.24, 2.45) is 17.3 Å². The zero-order chi connectivity index (χ0) is 20.1. The quantitative estimate of drug-likeness (QED) is 0.750. The van der Waals surface area contributed by atoms with Crippen molar-refractivity contribution in [3.63, 3.8) is 0 Å². The van der Waals surface area contributed by atoms with Crippen molar-refractivity contribution >= 4 is 17.7 Å². The number of carbonyl (C=O) groups is 2. The topological polar surface area (TPSA) is 58.6 Å². The number of carbonyl (C=O) groups excluding carboxylic acids is 2. The van der Waals surface area contributed by atoms with Crippen LogP contribution in [0.15, 0.2) is 24.3 Å². The second kappa shape index (κ2) is 8.97. The molecule has 1 aromatic carbocycles. The highest BCUT2D eigenvalue weighted by atomic mass is 16.6. The van der Waals surface area contributed by atoms with Gasteiger partial charge in [0.05, 0.1) is 0 Å². The molecule has 1 N–H and O–H groups in total. The smallest absolute Gasteiger partial charge is 0.410 e. The third-order valence-electron chi connectivity index (χ3n) is 6.26. The lowest BCUT2D eigenvalue weighted by atomic mass is 9.69. The van der Waals surface area contributed by atoms with E-state index in [1.165, 1.54) is 6.42 Å². The SMILES string of the molecule is CC(C)(C)[C@H]1CC[C@H](C(=O)Nc2ccc(OC(=O)N3CCCCC3)cc2)CC1. The minimum Gasteiger partial charge on any atom is -0.410 e. The first-order valence-corrected chi connectivity index (χ1v) is 10.7. The maximum atomic E-state index is 12.6. The van der Waals surface area contributed by atoms with Gasteiger partial charge in [-0.2, -0.15) is 0 Å². The van der Waals surface area contributed by atoms with Crippen LogP contribution in [0.4, 0.5) is 10.5 Å². The molecule has 1 saturated carbocycles. The molecule has 2 aliphatic rings. The van der Waals surface area contributed by atoms with Crippen LogP contribution in [-0.2, 0) is 4.79 Å². The van der Waals surface area contributed by atoms with Crippen LogP contribution in [0.3, 0.4) is 0 Å². The average molecular weight is 387 g/mol. The molecule has 0 radical (unpaired) electrons. The summed E-state index contributed by atoms with van der Waals surface area (Å²) in [5.41, 5.74) is 1.07. The second-order valence-corrected chi connectivity index (χ2v) is 9.34. The summed E-state index contributed by atoms with van der Waals surface area (Å²) in [6.45, 7) is 8.40. The minimum absolute atomic E-state index is 0.0928.